The standard InChI is InChI=1S/C36H39ClN4O4/c1-24-13-31(43-12-4-10-41-11-9-30(42)21-41)7-8-32(24)33-6-3-5-28(25(33)2)23-45-36-16-35(29(18-39)15-34(36)37)44-22-27-14-26(17-38)19-40-20-27/h3,5-8,13-16,19-20,30,42H,4,9-12,18,21-23,39H2,1-2H3/t30-/m1/s1. The number of pyridine rings is 1. The number of nitrogens with zero attached hydrogens (tertiary/aromatic N) is 3. The second kappa shape index (κ2) is 15.2. The molecule has 5 rings (SSSR count). The number of halogens is 1. The van der Waals surface area contributed by atoms with Crippen LogP contribution in [0.15, 0.2) is 67.0 Å². The number of benzene rings is 3. The Morgan fingerprint density at radius 3 is 2.60 bits per heavy atom. The molecule has 8 nitrogen and oxygen atoms in total. The second-order valence-electron chi connectivity index (χ2n) is 11.4. The SMILES string of the molecule is Cc1cc(OCCCN2CC[C@@H](O)C2)ccc1-c1cccc(COc2cc(OCc3cncc(C#N)c3)c(CN)cc2Cl)c1C. The van der Waals surface area contributed by atoms with E-state index in [1.165, 1.54) is 6.20 Å². The van der Waals surface area contributed by atoms with Crippen molar-refractivity contribution in [2.24, 2.45) is 5.73 Å². The van der Waals surface area contributed by atoms with Crippen molar-refractivity contribution >= 4 is 11.6 Å². The van der Waals surface area contributed by atoms with Gasteiger partial charge in [-0.2, -0.15) is 5.26 Å². The Balaban J connectivity index is 1.23. The van der Waals surface area contributed by atoms with Crippen molar-refractivity contribution in [2.75, 3.05) is 26.2 Å². The van der Waals surface area contributed by atoms with Crippen molar-refractivity contribution < 1.29 is 19.3 Å². The molecule has 1 atom stereocenters. The third-order valence-electron chi connectivity index (χ3n) is 8.11. The molecule has 1 fully saturated rings. The molecule has 0 spiro atoms. The number of aliphatic hydroxyl groups is 1. The zero-order chi connectivity index (χ0) is 31.8. The van der Waals surface area contributed by atoms with Gasteiger partial charge in [0.05, 0.1) is 23.3 Å². The zero-order valence-corrected chi connectivity index (χ0v) is 26.5. The summed E-state index contributed by atoms with van der Waals surface area (Å²) >= 11 is 6.58. The molecule has 3 N–H and O–H groups in total. The smallest absolute Gasteiger partial charge is 0.142 e. The maximum Gasteiger partial charge on any atom is 0.142 e. The molecule has 0 amide bonds. The van der Waals surface area contributed by atoms with Crippen LogP contribution in [0.3, 0.4) is 0 Å². The summed E-state index contributed by atoms with van der Waals surface area (Å²) in [5, 5.41) is 19.3. The number of aliphatic hydroxyl groups excluding tert-OH is 1. The Morgan fingerprint density at radius 1 is 1.00 bits per heavy atom. The highest BCUT2D eigenvalue weighted by molar-refractivity contribution is 6.32. The third-order valence-corrected chi connectivity index (χ3v) is 8.40. The number of hydrogen-bond donors (Lipinski definition) is 2. The Hall–Kier alpha value is -4.13. The lowest BCUT2D eigenvalue weighted by molar-refractivity contribution is 0.173. The maximum absolute atomic E-state index is 9.70. The first-order valence-corrected chi connectivity index (χ1v) is 15.6. The third kappa shape index (κ3) is 8.33. The number of rotatable bonds is 13. The predicted molar refractivity (Wildman–Crippen MR) is 175 cm³/mol. The topological polar surface area (TPSA) is 114 Å². The summed E-state index contributed by atoms with van der Waals surface area (Å²) in [6.45, 7) is 8.30. The molecule has 4 aromatic rings. The average molecular weight is 627 g/mol. The first-order chi connectivity index (χ1) is 21.8. The molecule has 1 aromatic heterocycles. The van der Waals surface area contributed by atoms with Gasteiger partial charge >= 0.3 is 0 Å². The fraction of sp³-hybridized carbons (Fsp3) is 0.333. The van der Waals surface area contributed by atoms with E-state index in [2.05, 4.69) is 54.1 Å². The number of nitrogens with two attached hydrogens (primary N) is 1. The van der Waals surface area contributed by atoms with Crippen molar-refractivity contribution in [3.05, 3.63) is 105 Å². The van der Waals surface area contributed by atoms with Crippen LogP contribution in [0.2, 0.25) is 5.02 Å². The van der Waals surface area contributed by atoms with Crippen LogP contribution in [-0.4, -0.2) is 47.3 Å². The fourth-order valence-corrected chi connectivity index (χ4v) is 5.82. The van der Waals surface area contributed by atoms with Crippen LogP contribution in [0.25, 0.3) is 11.1 Å². The minimum Gasteiger partial charge on any atom is -0.494 e. The van der Waals surface area contributed by atoms with E-state index < -0.39 is 0 Å². The molecule has 0 aliphatic carbocycles. The molecule has 1 aliphatic heterocycles. The van der Waals surface area contributed by atoms with E-state index in [1.807, 2.05) is 12.1 Å². The van der Waals surface area contributed by atoms with Gasteiger partial charge in [0, 0.05) is 55.8 Å². The quantitative estimate of drug-likeness (QED) is 0.165. The van der Waals surface area contributed by atoms with Crippen molar-refractivity contribution in [1.29, 1.82) is 5.26 Å². The minimum atomic E-state index is -0.188. The summed E-state index contributed by atoms with van der Waals surface area (Å²) in [6, 6.07) is 19.8. The Morgan fingerprint density at radius 2 is 1.84 bits per heavy atom. The van der Waals surface area contributed by atoms with Crippen molar-refractivity contribution in [3.63, 3.8) is 0 Å². The van der Waals surface area contributed by atoms with Gasteiger partial charge < -0.3 is 30.0 Å². The van der Waals surface area contributed by atoms with Crippen LogP contribution in [0.5, 0.6) is 17.2 Å². The van der Waals surface area contributed by atoms with E-state index in [9.17, 15) is 5.11 Å². The summed E-state index contributed by atoms with van der Waals surface area (Å²) in [6.07, 6.45) is 4.77. The van der Waals surface area contributed by atoms with Gasteiger partial charge in [-0.25, -0.2) is 0 Å². The van der Waals surface area contributed by atoms with Crippen LogP contribution in [0.1, 0.15) is 46.2 Å². The van der Waals surface area contributed by atoms with Crippen LogP contribution in [-0.2, 0) is 19.8 Å². The van der Waals surface area contributed by atoms with Crippen molar-refractivity contribution in [1.82, 2.24) is 9.88 Å². The minimum absolute atomic E-state index is 0.188. The highest BCUT2D eigenvalue weighted by Crippen LogP contribution is 2.35. The monoisotopic (exact) mass is 626 g/mol. The van der Waals surface area contributed by atoms with E-state index in [0.717, 1.165) is 77.2 Å². The van der Waals surface area contributed by atoms with Gasteiger partial charge in [-0.15, -0.1) is 0 Å². The fourth-order valence-electron chi connectivity index (χ4n) is 5.58. The molecule has 234 valence electrons. The number of ether oxygens (including phenoxy) is 3. The van der Waals surface area contributed by atoms with Gasteiger partial charge in [-0.05, 0) is 78.8 Å². The lowest BCUT2D eigenvalue weighted by Crippen LogP contribution is -2.24. The Kier molecular flexibility index (Phi) is 10.9. The van der Waals surface area contributed by atoms with Crippen LogP contribution >= 0.6 is 11.6 Å². The molecule has 3 aromatic carbocycles. The summed E-state index contributed by atoms with van der Waals surface area (Å²) in [7, 11) is 0. The normalized spacial score (nSPS) is 14.7. The summed E-state index contributed by atoms with van der Waals surface area (Å²) in [4.78, 5) is 6.38. The van der Waals surface area contributed by atoms with Crippen molar-refractivity contribution in [3.8, 4) is 34.4 Å². The van der Waals surface area contributed by atoms with Gasteiger partial charge in [0.15, 0.2) is 0 Å². The van der Waals surface area contributed by atoms with E-state index in [4.69, 9.17) is 36.8 Å². The first kappa shape index (κ1) is 32.3. The maximum atomic E-state index is 9.70. The van der Waals surface area contributed by atoms with Crippen LogP contribution in [0.4, 0.5) is 0 Å². The molecule has 9 heteroatoms. The molecule has 45 heavy (non-hydrogen) atoms. The Bertz CT molecular complexity index is 1670. The number of β-amino-alcohol motifs (C(OH)–C–C–N with tert-alkyl or cyclic N) is 1. The summed E-state index contributed by atoms with van der Waals surface area (Å²) in [5.74, 6) is 1.92. The average Bonchev–Trinajstić information content (AvgIpc) is 3.47. The lowest BCUT2D eigenvalue weighted by atomic mass is 9.93. The predicted octanol–water partition coefficient (Wildman–Crippen LogP) is 6.34. The Labute approximate surface area is 269 Å². The molecule has 2 heterocycles. The molecule has 1 aliphatic rings. The van der Waals surface area contributed by atoms with Gasteiger partial charge in [0.25, 0.3) is 0 Å². The summed E-state index contributed by atoms with van der Waals surface area (Å²) in [5.41, 5.74) is 13.5. The molecule has 1 saturated heterocycles. The van der Waals surface area contributed by atoms with E-state index in [-0.39, 0.29) is 19.3 Å². The van der Waals surface area contributed by atoms with Gasteiger partial charge in [0.1, 0.15) is 36.5 Å². The van der Waals surface area contributed by atoms with Gasteiger partial charge in [0.2, 0.25) is 0 Å². The van der Waals surface area contributed by atoms with Crippen LogP contribution in [0, 0.1) is 25.2 Å². The highest BCUT2D eigenvalue weighted by Gasteiger charge is 2.19. The number of aryl methyl sites for hydroxylation is 1. The highest BCUT2D eigenvalue weighted by atomic mass is 35.5. The largest absolute Gasteiger partial charge is 0.494 e. The number of aromatic nitrogens is 1. The van der Waals surface area contributed by atoms with Crippen LogP contribution < -0.4 is 19.9 Å². The van der Waals surface area contributed by atoms with E-state index >= 15 is 0 Å². The number of likely N-dealkylation sites (tertiary alicyclic amines) is 1. The zero-order valence-electron chi connectivity index (χ0n) is 25.8. The summed E-state index contributed by atoms with van der Waals surface area (Å²) < 4.78 is 18.3. The second-order valence-corrected chi connectivity index (χ2v) is 11.8. The molecular formula is C36H39ClN4O4. The number of nitriles is 1. The lowest BCUT2D eigenvalue weighted by Gasteiger charge is -2.17. The molecule has 0 unspecified atom stereocenters. The molecular weight excluding hydrogens is 588 g/mol. The van der Waals surface area contributed by atoms with Crippen molar-refractivity contribution in [2.45, 2.75) is 52.6 Å². The van der Waals surface area contributed by atoms with E-state index in [1.54, 1.807) is 24.4 Å². The molecule has 0 radical (unpaired) electrons. The van der Waals surface area contributed by atoms with Gasteiger partial charge in [-0.1, -0.05) is 35.9 Å². The molecule has 0 bridgehead atoms. The first-order valence-electron chi connectivity index (χ1n) is 15.2. The number of hydrogen-bond acceptors (Lipinski definition) is 8. The molecule has 0 saturated carbocycles. The van der Waals surface area contributed by atoms with Gasteiger partial charge in [-0.3, -0.25) is 4.98 Å². The van der Waals surface area contributed by atoms with E-state index in [0.29, 0.717) is 35.3 Å².